The molecule has 1 aliphatic carbocycles. The fraction of sp³-hybridized carbons (Fsp3) is 0.429. The standard InChI is InChI=1S/C14H16O3/c1-9(15)13-11(8-12(16)14(13,2)17)10-6-4-3-5-7-10/h3-7,11,13,17H,8H2,1-2H3/t11-,13-,14-/m0/s1. The van der Waals surface area contributed by atoms with Crippen molar-refractivity contribution >= 4 is 11.6 Å². The summed E-state index contributed by atoms with van der Waals surface area (Å²) in [6.07, 6.45) is 0.237. The molecular weight excluding hydrogens is 216 g/mol. The summed E-state index contributed by atoms with van der Waals surface area (Å²) in [5.41, 5.74) is -0.578. The zero-order chi connectivity index (χ0) is 12.6. The molecule has 1 aromatic carbocycles. The Balaban J connectivity index is 2.42. The molecular formula is C14H16O3. The van der Waals surface area contributed by atoms with Gasteiger partial charge in [0.2, 0.25) is 0 Å². The molecule has 1 N–H and O–H groups in total. The summed E-state index contributed by atoms with van der Waals surface area (Å²) in [7, 11) is 0. The van der Waals surface area contributed by atoms with Crippen molar-refractivity contribution in [2.24, 2.45) is 5.92 Å². The van der Waals surface area contributed by atoms with Crippen LogP contribution in [0, 0.1) is 5.92 Å². The summed E-state index contributed by atoms with van der Waals surface area (Å²) >= 11 is 0. The van der Waals surface area contributed by atoms with Gasteiger partial charge >= 0.3 is 0 Å². The summed E-state index contributed by atoms with van der Waals surface area (Å²) in [6, 6.07) is 9.44. The summed E-state index contributed by atoms with van der Waals surface area (Å²) < 4.78 is 0. The Hall–Kier alpha value is -1.48. The number of hydrogen-bond donors (Lipinski definition) is 1. The lowest BCUT2D eigenvalue weighted by Crippen LogP contribution is -2.41. The molecule has 1 aliphatic rings. The number of carbonyl (C=O) groups excluding carboxylic acids is 2. The second-order valence-corrected chi connectivity index (χ2v) is 4.88. The van der Waals surface area contributed by atoms with Gasteiger partial charge < -0.3 is 5.11 Å². The van der Waals surface area contributed by atoms with Gasteiger partial charge in [-0.2, -0.15) is 0 Å². The van der Waals surface area contributed by atoms with Crippen molar-refractivity contribution in [2.75, 3.05) is 0 Å². The van der Waals surface area contributed by atoms with E-state index in [1.54, 1.807) is 0 Å². The lowest BCUT2D eigenvalue weighted by molar-refractivity contribution is -0.141. The maximum Gasteiger partial charge on any atom is 0.165 e. The smallest absolute Gasteiger partial charge is 0.165 e. The van der Waals surface area contributed by atoms with Crippen LogP contribution in [0.25, 0.3) is 0 Å². The monoisotopic (exact) mass is 232 g/mol. The molecule has 17 heavy (non-hydrogen) atoms. The van der Waals surface area contributed by atoms with E-state index in [2.05, 4.69) is 0 Å². The van der Waals surface area contributed by atoms with E-state index in [-0.39, 0.29) is 23.9 Å². The quantitative estimate of drug-likeness (QED) is 0.844. The van der Waals surface area contributed by atoms with Crippen LogP contribution in [0.15, 0.2) is 30.3 Å². The molecule has 0 aromatic heterocycles. The zero-order valence-corrected chi connectivity index (χ0v) is 10.0. The van der Waals surface area contributed by atoms with Crippen molar-refractivity contribution in [3.8, 4) is 0 Å². The molecule has 0 radical (unpaired) electrons. The number of carbonyl (C=O) groups is 2. The van der Waals surface area contributed by atoms with E-state index >= 15 is 0 Å². The second kappa shape index (κ2) is 4.08. The average Bonchev–Trinajstić information content (AvgIpc) is 2.51. The number of hydrogen-bond acceptors (Lipinski definition) is 3. The number of ketones is 2. The van der Waals surface area contributed by atoms with Gasteiger partial charge in [0.1, 0.15) is 11.4 Å². The summed E-state index contributed by atoms with van der Waals surface area (Å²) in [5, 5.41) is 10.2. The first-order chi connectivity index (χ1) is 7.94. The molecule has 1 fully saturated rings. The molecule has 90 valence electrons. The molecule has 0 spiro atoms. The molecule has 0 amide bonds. The van der Waals surface area contributed by atoms with Crippen LogP contribution >= 0.6 is 0 Å². The van der Waals surface area contributed by atoms with Crippen molar-refractivity contribution in [3.05, 3.63) is 35.9 Å². The molecule has 3 nitrogen and oxygen atoms in total. The highest BCUT2D eigenvalue weighted by Gasteiger charge is 2.53. The SMILES string of the molecule is CC(=O)[C@H]1[C@H](c2ccccc2)CC(=O)[C@]1(C)O. The zero-order valence-electron chi connectivity index (χ0n) is 10.0. The van der Waals surface area contributed by atoms with Gasteiger partial charge in [0, 0.05) is 12.3 Å². The van der Waals surface area contributed by atoms with Gasteiger partial charge in [-0.3, -0.25) is 9.59 Å². The first-order valence-corrected chi connectivity index (χ1v) is 5.75. The van der Waals surface area contributed by atoms with Crippen LogP contribution in [0.4, 0.5) is 0 Å². The van der Waals surface area contributed by atoms with Crippen molar-refractivity contribution in [1.29, 1.82) is 0 Å². The minimum absolute atomic E-state index is 0.130. The highest BCUT2D eigenvalue weighted by Crippen LogP contribution is 2.44. The second-order valence-electron chi connectivity index (χ2n) is 4.88. The Kier molecular flexibility index (Phi) is 2.87. The van der Waals surface area contributed by atoms with Crippen LogP contribution < -0.4 is 0 Å². The van der Waals surface area contributed by atoms with E-state index in [4.69, 9.17) is 0 Å². The van der Waals surface area contributed by atoms with Gasteiger partial charge in [0.15, 0.2) is 5.78 Å². The molecule has 0 unspecified atom stereocenters. The third kappa shape index (κ3) is 1.91. The third-order valence-corrected chi connectivity index (χ3v) is 3.64. The normalized spacial score (nSPS) is 32.8. The molecule has 0 heterocycles. The van der Waals surface area contributed by atoms with Crippen LogP contribution in [-0.4, -0.2) is 22.3 Å². The molecule has 1 saturated carbocycles. The third-order valence-electron chi connectivity index (χ3n) is 3.64. The van der Waals surface area contributed by atoms with Crippen LogP contribution in [0.5, 0.6) is 0 Å². The minimum atomic E-state index is -1.52. The van der Waals surface area contributed by atoms with E-state index in [9.17, 15) is 14.7 Å². The molecule has 2 rings (SSSR count). The fourth-order valence-corrected chi connectivity index (χ4v) is 2.78. The van der Waals surface area contributed by atoms with Gasteiger partial charge in [0.05, 0.1) is 5.92 Å². The number of rotatable bonds is 2. The predicted octanol–water partition coefficient (Wildman–Crippen LogP) is 1.70. The van der Waals surface area contributed by atoms with Crippen molar-refractivity contribution in [1.82, 2.24) is 0 Å². The molecule has 1 aromatic rings. The minimum Gasteiger partial charge on any atom is -0.382 e. The number of benzene rings is 1. The van der Waals surface area contributed by atoms with Crippen molar-refractivity contribution in [2.45, 2.75) is 31.8 Å². The predicted molar refractivity (Wildman–Crippen MR) is 63.6 cm³/mol. The Morgan fingerprint density at radius 3 is 2.47 bits per heavy atom. The van der Waals surface area contributed by atoms with E-state index in [0.29, 0.717) is 0 Å². The van der Waals surface area contributed by atoms with Crippen LogP contribution in [0.3, 0.4) is 0 Å². The maximum absolute atomic E-state index is 11.8. The molecule has 3 heteroatoms. The van der Waals surface area contributed by atoms with Crippen LogP contribution in [0.1, 0.15) is 31.7 Å². The lowest BCUT2D eigenvalue weighted by atomic mass is 9.80. The number of aliphatic hydroxyl groups is 1. The highest BCUT2D eigenvalue weighted by molar-refractivity contribution is 5.98. The first-order valence-electron chi connectivity index (χ1n) is 5.75. The van der Waals surface area contributed by atoms with Crippen molar-refractivity contribution in [3.63, 3.8) is 0 Å². The molecule has 0 bridgehead atoms. The maximum atomic E-state index is 11.8. The largest absolute Gasteiger partial charge is 0.382 e. The highest BCUT2D eigenvalue weighted by atomic mass is 16.3. The van der Waals surface area contributed by atoms with Crippen LogP contribution in [0.2, 0.25) is 0 Å². The van der Waals surface area contributed by atoms with E-state index in [1.807, 2.05) is 30.3 Å². The van der Waals surface area contributed by atoms with Gasteiger partial charge in [0.25, 0.3) is 0 Å². The summed E-state index contributed by atoms with van der Waals surface area (Å²) in [6.45, 7) is 2.89. The molecule has 0 saturated heterocycles. The van der Waals surface area contributed by atoms with E-state index in [0.717, 1.165) is 5.56 Å². The first kappa shape index (κ1) is 12.0. The topological polar surface area (TPSA) is 54.4 Å². The van der Waals surface area contributed by atoms with Gasteiger partial charge in [-0.15, -0.1) is 0 Å². The fourth-order valence-electron chi connectivity index (χ4n) is 2.78. The Morgan fingerprint density at radius 2 is 1.94 bits per heavy atom. The molecule has 3 atom stereocenters. The van der Waals surface area contributed by atoms with Gasteiger partial charge in [-0.1, -0.05) is 30.3 Å². The van der Waals surface area contributed by atoms with Gasteiger partial charge in [-0.25, -0.2) is 0 Å². The van der Waals surface area contributed by atoms with E-state index in [1.165, 1.54) is 13.8 Å². The Bertz CT molecular complexity index is 448. The van der Waals surface area contributed by atoms with Crippen LogP contribution in [-0.2, 0) is 9.59 Å². The van der Waals surface area contributed by atoms with Crippen molar-refractivity contribution < 1.29 is 14.7 Å². The Labute approximate surface area is 100 Å². The molecule has 0 aliphatic heterocycles. The summed E-state index contributed by atoms with van der Waals surface area (Å²) in [5.74, 6) is -1.20. The lowest BCUT2D eigenvalue weighted by Gasteiger charge is -2.25. The average molecular weight is 232 g/mol. The number of Topliss-reactive ketones (excluding diaryl/α,β-unsaturated/α-hetero) is 2. The van der Waals surface area contributed by atoms with E-state index < -0.39 is 11.5 Å². The Morgan fingerprint density at radius 1 is 1.35 bits per heavy atom. The van der Waals surface area contributed by atoms with Gasteiger partial charge in [-0.05, 0) is 19.4 Å². The summed E-state index contributed by atoms with van der Waals surface area (Å²) in [4.78, 5) is 23.5.